The molecule has 50 heavy (non-hydrogen) atoms. The summed E-state index contributed by atoms with van der Waals surface area (Å²) >= 11 is 0. The Morgan fingerprint density at radius 1 is 0.320 bits per heavy atom. The Morgan fingerprint density at radius 2 is 0.540 bits per heavy atom. The molecule has 0 spiro atoms. The van der Waals surface area contributed by atoms with Crippen LogP contribution in [0.2, 0.25) is 0 Å². The van der Waals surface area contributed by atoms with E-state index < -0.39 is 47.3 Å². The average Bonchev–Trinajstić information content (AvgIpc) is 3.49. The second-order valence-electron chi connectivity index (χ2n) is 12.6. The van der Waals surface area contributed by atoms with Crippen LogP contribution >= 0.6 is 0 Å². The first-order chi connectivity index (χ1) is 24.5. The molecule has 10 heteroatoms. The van der Waals surface area contributed by atoms with Crippen molar-refractivity contribution in [1.29, 1.82) is 0 Å². The predicted molar refractivity (Wildman–Crippen MR) is 185 cm³/mol. The van der Waals surface area contributed by atoms with E-state index in [1.54, 1.807) is 73.8 Å². The highest BCUT2D eigenvalue weighted by Gasteiger charge is 2.73. The molecule has 6 heterocycles. The smallest absolute Gasteiger partial charge is 0.238 e. The van der Waals surface area contributed by atoms with Gasteiger partial charge in [-0.1, -0.05) is 0 Å². The van der Waals surface area contributed by atoms with E-state index in [1.165, 1.54) is 9.80 Å². The Balaban J connectivity index is 1.08. The van der Waals surface area contributed by atoms with Crippen LogP contribution in [0.25, 0.3) is 44.5 Å². The molecule has 3 aliphatic rings. The molecule has 1 saturated carbocycles. The number of anilines is 2. The van der Waals surface area contributed by atoms with Gasteiger partial charge in [0.15, 0.2) is 0 Å². The third kappa shape index (κ3) is 4.56. The monoisotopic (exact) mass is 654 g/mol. The minimum atomic E-state index is -0.925. The van der Waals surface area contributed by atoms with E-state index in [2.05, 4.69) is 19.9 Å². The lowest BCUT2D eigenvalue weighted by molar-refractivity contribution is -0.146. The minimum Gasteiger partial charge on any atom is -0.274 e. The lowest BCUT2D eigenvalue weighted by Crippen LogP contribution is -2.50. The summed E-state index contributed by atoms with van der Waals surface area (Å²) in [5.74, 6) is -5.59. The van der Waals surface area contributed by atoms with Gasteiger partial charge >= 0.3 is 0 Å². The lowest BCUT2D eigenvalue weighted by atomic mass is 9.59. The first-order valence-corrected chi connectivity index (χ1v) is 16.2. The number of pyridine rings is 4. The van der Waals surface area contributed by atoms with Gasteiger partial charge in [0.2, 0.25) is 23.6 Å². The number of nitrogens with zero attached hydrogens (tertiary/aromatic N) is 6. The van der Waals surface area contributed by atoms with Crippen LogP contribution < -0.4 is 9.80 Å². The average molecular weight is 655 g/mol. The second kappa shape index (κ2) is 11.5. The fraction of sp³-hybridized carbons (Fsp3) is 0.100. The van der Waals surface area contributed by atoms with Gasteiger partial charge in [-0.25, -0.2) is 9.80 Å². The Morgan fingerprint density at radius 3 is 0.760 bits per heavy atom. The third-order valence-corrected chi connectivity index (χ3v) is 9.98. The zero-order valence-electron chi connectivity index (χ0n) is 26.3. The van der Waals surface area contributed by atoms with Gasteiger partial charge < -0.3 is 0 Å². The molecule has 1 aliphatic carbocycles. The number of carbonyl (C=O) groups excluding carboxylic acids is 4. The van der Waals surface area contributed by atoms with Gasteiger partial charge in [0.1, 0.15) is 0 Å². The normalized spacial score (nSPS) is 20.9. The minimum absolute atomic E-state index is 0.386. The highest BCUT2D eigenvalue weighted by Crippen LogP contribution is 2.58. The summed E-state index contributed by atoms with van der Waals surface area (Å²) in [5.41, 5.74) is 7.35. The van der Waals surface area contributed by atoms with Crippen molar-refractivity contribution in [3.8, 4) is 44.5 Å². The van der Waals surface area contributed by atoms with Crippen molar-refractivity contribution in [2.45, 2.75) is 0 Å². The predicted octanol–water partition coefficient (Wildman–Crippen LogP) is 5.86. The van der Waals surface area contributed by atoms with Gasteiger partial charge in [-0.2, -0.15) is 0 Å². The first kappa shape index (κ1) is 29.5. The van der Waals surface area contributed by atoms with Gasteiger partial charge in [-0.05, 0) is 129 Å². The molecule has 0 unspecified atom stereocenters. The molecule has 0 radical (unpaired) electrons. The van der Waals surface area contributed by atoms with E-state index in [9.17, 15) is 19.2 Å². The van der Waals surface area contributed by atoms with E-state index in [0.29, 0.717) is 11.4 Å². The molecule has 3 fully saturated rings. The summed E-state index contributed by atoms with van der Waals surface area (Å²) in [6.07, 6.45) is 13.4. The molecule has 9 rings (SSSR count). The van der Waals surface area contributed by atoms with E-state index in [0.717, 1.165) is 44.5 Å². The number of rotatable bonds is 6. The molecule has 2 aliphatic heterocycles. The maximum atomic E-state index is 14.2. The molecule has 0 N–H and O–H groups in total. The quantitative estimate of drug-likeness (QED) is 0.205. The maximum Gasteiger partial charge on any atom is 0.238 e. The van der Waals surface area contributed by atoms with Crippen LogP contribution in [0.5, 0.6) is 0 Å². The van der Waals surface area contributed by atoms with Crippen molar-refractivity contribution in [3.63, 3.8) is 0 Å². The summed E-state index contributed by atoms with van der Waals surface area (Å²) in [7, 11) is 0. The van der Waals surface area contributed by atoms with Crippen molar-refractivity contribution in [2.75, 3.05) is 9.80 Å². The molecule has 10 nitrogen and oxygen atoms in total. The van der Waals surface area contributed by atoms with Crippen LogP contribution in [-0.2, 0) is 19.2 Å². The number of aromatic nitrogens is 4. The molecule has 240 valence electrons. The molecule has 2 aromatic carbocycles. The molecule has 0 atom stereocenters. The van der Waals surface area contributed by atoms with Crippen molar-refractivity contribution >= 4 is 35.0 Å². The summed E-state index contributed by atoms with van der Waals surface area (Å²) in [4.78, 5) is 75.5. The van der Waals surface area contributed by atoms with Crippen LogP contribution in [0.15, 0.2) is 135 Å². The van der Waals surface area contributed by atoms with Crippen molar-refractivity contribution in [1.82, 2.24) is 19.9 Å². The zero-order valence-corrected chi connectivity index (χ0v) is 26.3. The number of hydrogen-bond acceptors (Lipinski definition) is 8. The van der Waals surface area contributed by atoms with Crippen LogP contribution in [-0.4, -0.2) is 43.6 Å². The highest BCUT2D eigenvalue weighted by atomic mass is 16.2. The fourth-order valence-corrected chi connectivity index (χ4v) is 7.62. The maximum absolute atomic E-state index is 14.2. The third-order valence-electron chi connectivity index (χ3n) is 9.98. The standard InChI is InChI=1S/C40H26N6O4/c47-37-33-34(38(48)45(37)31-19-27(23-1-9-41-10-2-23)17-28(20-31)24-3-11-42-12-4-24)36-35(33)39(49)46(40(36)50)32-21-29(25-5-13-43-14-6-25)18-30(22-32)26-7-15-44-16-8-26/h1-22,33-36H. The van der Waals surface area contributed by atoms with Crippen LogP contribution in [0.1, 0.15) is 0 Å². The van der Waals surface area contributed by atoms with Crippen LogP contribution in [0, 0.1) is 23.7 Å². The largest absolute Gasteiger partial charge is 0.274 e. The lowest BCUT2D eigenvalue weighted by Gasteiger charge is -2.36. The number of carbonyl (C=O) groups is 4. The summed E-state index contributed by atoms with van der Waals surface area (Å²) in [6.45, 7) is 0. The number of imide groups is 2. The number of hydrogen-bond donors (Lipinski definition) is 0. The Kier molecular flexibility index (Phi) is 6.77. The van der Waals surface area contributed by atoms with E-state index in [4.69, 9.17) is 0 Å². The Bertz CT molecular complexity index is 2010. The Hall–Kier alpha value is -6.68. The highest BCUT2D eigenvalue weighted by molar-refractivity contribution is 6.32. The molecule has 6 aromatic rings. The van der Waals surface area contributed by atoms with Crippen LogP contribution in [0.4, 0.5) is 11.4 Å². The number of fused-ring (bicyclic) bond motifs is 4. The van der Waals surface area contributed by atoms with Crippen molar-refractivity contribution < 1.29 is 19.2 Å². The van der Waals surface area contributed by atoms with Crippen LogP contribution in [0.3, 0.4) is 0 Å². The van der Waals surface area contributed by atoms with Crippen molar-refractivity contribution in [3.05, 3.63) is 135 Å². The molecule has 4 amide bonds. The molecule has 0 bridgehead atoms. The zero-order chi connectivity index (χ0) is 33.9. The van der Waals surface area contributed by atoms with Gasteiger partial charge in [0.25, 0.3) is 0 Å². The van der Waals surface area contributed by atoms with Crippen molar-refractivity contribution in [2.24, 2.45) is 23.7 Å². The summed E-state index contributed by atoms with van der Waals surface area (Å²) in [6, 6.07) is 25.9. The second-order valence-corrected chi connectivity index (χ2v) is 12.6. The topological polar surface area (TPSA) is 126 Å². The van der Waals surface area contributed by atoms with Gasteiger partial charge in [-0.3, -0.25) is 39.1 Å². The number of benzene rings is 2. The molecule has 4 aromatic heterocycles. The first-order valence-electron chi connectivity index (χ1n) is 16.2. The summed E-state index contributed by atoms with van der Waals surface area (Å²) < 4.78 is 0. The molecular formula is C40H26N6O4. The molecule has 2 saturated heterocycles. The number of amides is 4. The Labute approximate surface area is 286 Å². The van der Waals surface area contributed by atoms with Gasteiger partial charge in [-0.15, -0.1) is 0 Å². The van der Waals surface area contributed by atoms with E-state index >= 15 is 0 Å². The van der Waals surface area contributed by atoms with E-state index in [1.807, 2.05) is 60.7 Å². The fourth-order valence-electron chi connectivity index (χ4n) is 7.62. The molecular weight excluding hydrogens is 628 g/mol. The van der Waals surface area contributed by atoms with Gasteiger partial charge in [0.05, 0.1) is 35.0 Å². The SMILES string of the molecule is O=C1C2C(C(=O)N1c1cc(-c3ccncc3)cc(-c3ccncc3)c1)C1C(=O)N(c3cc(-c4ccncc4)cc(-c4ccncc4)c3)C(=O)C21. The summed E-state index contributed by atoms with van der Waals surface area (Å²) in [5, 5.41) is 0. The van der Waals surface area contributed by atoms with E-state index in [-0.39, 0.29) is 0 Å². The van der Waals surface area contributed by atoms with Gasteiger partial charge in [0, 0.05) is 49.6 Å².